The maximum absolute atomic E-state index is 13.4. The van der Waals surface area contributed by atoms with Crippen LogP contribution in [0.3, 0.4) is 0 Å². The smallest absolute Gasteiger partial charge is 0.306 e. The summed E-state index contributed by atoms with van der Waals surface area (Å²) in [6.45, 7) is 1.79. The van der Waals surface area contributed by atoms with Crippen LogP contribution in [0, 0.1) is 0 Å². The van der Waals surface area contributed by atoms with Gasteiger partial charge in [-0.05, 0) is 6.42 Å². The second-order valence-electron chi connectivity index (χ2n) is 6.90. The molecule has 0 aromatic heterocycles. The lowest BCUT2D eigenvalue weighted by Gasteiger charge is -2.38. The Balaban J connectivity index is 6.28. The largest absolute Gasteiger partial charge is 0.514 e. The fraction of sp³-hybridized carbons (Fsp3) is 1.00. The molecule has 0 aliphatic rings. The number of alkyl halides is 15. The van der Waals surface area contributed by atoms with Crippen molar-refractivity contribution in [3.8, 4) is 0 Å². The fourth-order valence-electron chi connectivity index (χ4n) is 2.27. The van der Waals surface area contributed by atoms with Crippen LogP contribution in [0.2, 0.25) is 6.04 Å². The first kappa shape index (κ1) is 33.0. The van der Waals surface area contributed by atoms with Gasteiger partial charge in [0.25, 0.3) is 0 Å². The molecule has 0 aromatic rings. The number of rotatable bonds is 14. The average Bonchev–Trinajstić information content (AvgIpc) is 2.56. The van der Waals surface area contributed by atoms with Crippen molar-refractivity contribution in [2.24, 2.45) is 0 Å². The van der Waals surface area contributed by atoms with E-state index >= 15 is 0 Å². The van der Waals surface area contributed by atoms with Crippen molar-refractivity contribution in [2.45, 2.75) is 94.8 Å². The molecule has 0 bridgehead atoms. The molecule has 0 saturated carbocycles. The maximum Gasteiger partial charge on any atom is 0.514 e. The zero-order valence-corrected chi connectivity index (χ0v) is 18.1. The van der Waals surface area contributed by atoms with Crippen molar-refractivity contribution in [2.75, 3.05) is 0 Å². The molecule has 0 heterocycles. The van der Waals surface area contributed by atoms with E-state index in [-0.39, 0.29) is 12.8 Å². The molecular formula is C15H19F15O3Si. The van der Waals surface area contributed by atoms with Gasteiger partial charge in [0, 0.05) is 6.04 Å². The quantitative estimate of drug-likeness (QED) is 0.122. The lowest BCUT2D eigenvalue weighted by atomic mass is 10.1. The molecule has 0 aliphatic heterocycles. The van der Waals surface area contributed by atoms with E-state index in [9.17, 15) is 65.9 Å². The Morgan fingerprint density at radius 3 is 0.971 bits per heavy atom. The fourth-order valence-corrected chi connectivity index (χ4v) is 4.91. The third-order valence-electron chi connectivity index (χ3n) is 3.93. The third-order valence-corrected chi connectivity index (χ3v) is 6.60. The summed E-state index contributed by atoms with van der Waals surface area (Å²) in [5.41, 5.74) is 0. The Labute approximate surface area is 183 Å². The van der Waals surface area contributed by atoms with Gasteiger partial charge in [0.15, 0.2) is 0 Å². The summed E-state index contributed by atoms with van der Waals surface area (Å²) in [7, 11) is -7.52. The van der Waals surface area contributed by atoms with Gasteiger partial charge in [0.1, 0.15) is 0 Å². The molecule has 206 valence electrons. The van der Waals surface area contributed by atoms with Gasteiger partial charge in [-0.1, -0.05) is 45.4 Å². The van der Waals surface area contributed by atoms with E-state index in [1.165, 1.54) is 0 Å². The Morgan fingerprint density at radius 1 is 0.441 bits per heavy atom. The SMILES string of the molecule is CCCCCCCCC[Si](OC(F)(F)C(F)(F)F)(OC(F)(F)C(F)(F)F)OC(F)(F)C(F)(F)F. The number of halogens is 15. The van der Waals surface area contributed by atoms with E-state index in [0.717, 1.165) is 6.42 Å². The van der Waals surface area contributed by atoms with E-state index in [1.807, 2.05) is 0 Å². The lowest BCUT2D eigenvalue weighted by Crippen LogP contribution is -2.63. The Hall–Kier alpha value is -0.953. The molecule has 0 atom stereocenters. The first-order valence-electron chi connectivity index (χ1n) is 9.37. The van der Waals surface area contributed by atoms with Crippen LogP contribution in [0.25, 0.3) is 0 Å². The molecule has 0 unspecified atom stereocenters. The van der Waals surface area contributed by atoms with Gasteiger partial charge in [-0.15, -0.1) is 0 Å². The van der Waals surface area contributed by atoms with Crippen LogP contribution in [-0.4, -0.2) is 45.7 Å². The molecule has 0 fully saturated rings. The molecule has 0 aliphatic carbocycles. The molecule has 0 spiro atoms. The Bertz CT molecular complexity index is 546. The minimum atomic E-state index is -7.52. The normalized spacial score (nSPS) is 15.2. The van der Waals surface area contributed by atoms with Gasteiger partial charge in [-0.2, -0.15) is 65.9 Å². The monoisotopic (exact) mass is 560 g/mol. The highest BCUT2D eigenvalue weighted by Crippen LogP contribution is 2.48. The van der Waals surface area contributed by atoms with Gasteiger partial charge in [0.05, 0.1) is 0 Å². The van der Waals surface area contributed by atoms with Crippen LogP contribution < -0.4 is 0 Å². The highest BCUT2D eigenvalue weighted by Gasteiger charge is 2.74. The van der Waals surface area contributed by atoms with Crippen molar-refractivity contribution < 1.29 is 79.1 Å². The van der Waals surface area contributed by atoms with Gasteiger partial charge in [-0.3, -0.25) is 0 Å². The molecule has 0 amide bonds. The summed E-state index contributed by atoms with van der Waals surface area (Å²) in [6, 6.07) is -2.08. The summed E-state index contributed by atoms with van der Waals surface area (Å²) in [5, 5.41) is 0. The topological polar surface area (TPSA) is 27.7 Å². The molecule has 34 heavy (non-hydrogen) atoms. The highest BCUT2D eigenvalue weighted by molar-refractivity contribution is 6.61. The van der Waals surface area contributed by atoms with Crippen LogP contribution in [-0.2, 0) is 13.3 Å². The minimum absolute atomic E-state index is 0.0471. The average molecular weight is 560 g/mol. The van der Waals surface area contributed by atoms with Crippen LogP contribution in [0.1, 0.15) is 51.9 Å². The summed E-state index contributed by atoms with van der Waals surface area (Å²) in [5.74, 6) is 0. The van der Waals surface area contributed by atoms with Crippen LogP contribution >= 0.6 is 0 Å². The lowest BCUT2D eigenvalue weighted by molar-refractivity contribution is -0.421. The summed E-state index contributed by atoms with van der Waals surface area (Å²) in [4.78, 5) is 0. The van der Waals surface area contributed by atoms with Crippen molar-refractivity contribution >= 4 is 8.80 Å². The molecule has 0 N–H and O–H groups in total. The Kier molecular flexibility index (Phi) is 11.1. The van der Waals surface area contributed by atoms with Crippen molar-refractivity contribution in [3.63, 3.8) is 0 Å². The number of unbranched alkanes of at least 4 members (excludes halogenated alkanes) is 6. The van der Waals surface area contributed by atoms with Crippen molar-refractivity contribution in [1.82, 2.24) is 0 Å². The number of hydrogen-bond donors (Lipinski definition) is 0. The molecular weight excluding hydrogens is 541 g/mol. The summed E-state index contributed by atoms with van der Waals surface area (Å²) >= 11 is 0. The van der Waals surface area contributed by atoms with E-state index < -0.39 is 58.1 Å². The van der Waals surface area contributed by atoms with E-state index in [1.54, 1.807) is 6.92 Å². The first-order chi connectivity index (χ1) is 14.9. The first-order valence-corrected chi connectivity index (χ1v) is 11.3. The molecule has 0 rings (SSSR count). The van der Waals surface area contributed by atoms with Gasteiger partial charge >= 0.3 is 45.7 Å². The van der Waals surface area contributed by atoms with Gasteiger partial charge in [-0.25, -0.2) is 0 Å². The van der Waals surface area contributed by atoms with Crippen LogP contribution in [0.5, 0.6) is 0 Å². The second-order valence-corrected chi connectivity index (χ2v) is 9.38. The maximum atomic E-state index is 13.4. The zero-order chi connectivity index (χ0) is 27.3. The highest BCUT2D eigenvalue weighted by atomic mass is 28.4. The van der Waals surface area contributed by atoms with Crippen molar-refractivity contribution in [1.29, 1.82) is 0 Å². The predicted octanol–water partition coefficient (Wildman–Crippen LogP) is 8.19. The van der Waals surface area contributed by atoms with Crippen LogP contribution in [0.4, 0.5) is 65.9 Å². The summed E-state index contributed by atoms with van der Waals surface area (Å²) < 4.78 is 201. The van der Waals surface area contributed by atoms with Gasteiger partial charge in [0.2, 0.25) is 0 Å². The zero-order valence-electron chi connectivity index (χ0n) is 17.1. The van der Waals surface area contributed by atoms with Gasteiger partial charge < -0.3 is 13.3 Å². The second kappa shape index (κ2) is 11.4. The number of hydrogen-bond acceptors (Lipinski definition) is 3. The third kappa shape index (κ3) is 9.60. The van der Waals surface area contributed by atoms with E-state index in [0.29, 0.717) is 19.3 Å². The predicted molar refractivity (Wildman–Crippen MR) is 84.8 cm³/mol. The van der Waals surface area contributed by atoms with Crippen LogP contribution in [0.15, 0.2) is 0 Å². The molecule has 0 radical (unpaired) electrons. The standard InChI is InChI=1S/C15H19F15O3Si/c1-2-3-4-5-6-7-8-9-34(31-13(25,26)10(16,17)18,32-14(27,28)11(19,20)21)33-15(29,30)12(22,23)24/h2-9H2,1H3. The molecule has 0 aromatic carbocycles. The molecule has 3 nitrogen and oxygen atoms in total. The summed E-state index contributed by atoms with van der Waals surface area (Å²) in [6.07, 6.45) is -40.2. The Morgan fingerprint density at radius 2 is 0.706 bits per heavy atom. The molecule has 0 saturated heterocycles. The van der Waals surface area contributed by atoms with Crippen molar-refractivity contribution in [3.05, 3.63) is 0 Å². The van der Waals surface area contributed by atoms with E-state index in [2.05, 4.69) is 13.3 Å². The molecule has 19 heteroatoms. The minimum Gasteiger partial charge on any atom is -0.306 e. The van der Waals surface area contributed by atoms with E-state index in [4.69, 9.17) is 0 Å².